The maximum atomic E-state index is 12.6. The van der Waals surface area contributed by atoms with E-state index >= 15 is 0 Å². The predicted octanol–water partition coefficient (Wildman–Crippen LogP) is 2.16. The fourth-order valence-corrected chi connectivity index (χ4v) is 5.01. The maximum absolute atomic E-state index is 12.6. The Labute approximate surface area is 200 Å². The summed E-state index contributed by atoms with van der Waals surface area (Å²) in [5.41, 5.74) is 2.36. The smallest absolute Gasteiger partial charge is 0.256 e. The van der Waals surface area contributed by atoms with E-state index in [1.807, 2.05) is 24.3 Å². The van der Waals surface area contributed by atoms with Crippen molar-refractivity contribution in [1.82, 2.24) is 19.6 Å². The fourth-order valence-electron chi connectivity index (χ4n) is 3.92. The number of amides is 1. The Hall–Kier alpha value is -2.92. The fraction of sp³-hybridized carbons (Fsp3) is 0.522. The SMILES string of the molecule is CCS(=O)(=O)N1CCN(c2ccc(Nc3ncc(C(=O)NC4CC4)c(NC4CC4)n3)cc2)CC1. The number of nitrogens with one attached hydrogen (secondary N) is 3. The van der Waals surface area contributed by atoms with Gasteiger partial charge in [0.05, 0.1) is 5.75 Å². The summed E-state index contributed by atoms with van der Waals surface area (Å²) in [5, 5.41) is 9.58. The number of carbonyl (C=O) groups excluding carboxylic acids is 1. The van der Waals surface area contributed by atoms with Crippen LogP contribution in [-0.2, 0) is 10.0 Å². The summed E-state index contributed by atoms with van der Waals surface area (Å²) in [6, 6.07) is 8.56. The number of hydrogen-bond acceptors (Lipinski definition) is 8. The lowest BCUT2D eigenvalue weighted by Gasteiger charge is -2.35. The summed E-state index contributed by atoms with van der Waals surface area (Å²) in [5.74, 6) is 1.000. The van der Waals surface area contributed by atoms with E-state index in [9.17, 15) is 13.2 Å². The zero-order valence-corrected chi connectivity index (χ0v) is 20.1. The van der Waals surface area contributed by atoms with Crippen molar-refractivity contribution >= 4 is 39.1 Å². The maximum Gasteiger partial charge on any atom is 0.256 e. The number of nitrogens with zero attached hydrogens (tertiary/aromatic N) is 4. The van der Waals surface area contributed by atoms with Crippen LogP contribution in [0.3, 0.4) is 0 Å². The zero-order valence-electron chi connectivity index (χ0n) is 19.3. The topological polar surface area (TPSA) is 120 Å². The molecular weight excluding hydrogens is 454 g/mol. The third-order valence-electron chi connectivity index (χ3n) is 6.35. The lowest BCUT2D eigenvalue weighted by Crippen LogP contribution is -2.49. The lowest BCUT2D eigenvalue weighted by atomic mass is 10.2. The van der Waals surface area contributed by atoms with Crippen molar-refractivity contribution in [3.05, 3.63) is 36.0 Å². The summed E-state index contributed by atoms with van der Waals surface area (Å²) in [6.45, 7) is 4.01. The molecule has 10 nitrogen and oxygen atoms in total. The third-order valence-corrected chi connectivity index (χ3v) is 8.23. The largest absolute Gasteiger partial charge is 0.369 e. The lowest BCUT2D eigenvalue weighted by molar-refractivity contribution is 0.0951. The minimum absolute atomic E-state index is 0.131. The minimum atomic E-state index is -3.13. The molecule has 2 aliphatic carbocycles. The second-order valence-corrected chi connectivity index (χ2v) is 11.3. The quantitative estimate of drug-likeness (QED) is 0.494. The summed E-state index contributed by atoms with van der Waals surface area (Å²) < 4.78 is 25.7. The Bertz CT molecular complexity index is 1140. The third kappa shape index (κ3) is 5.41. The van der Waals surface area contributed by atoms with Crippen LogP contribution < -0.4 is 20.9 Å². The van der Waals surface area contributed by atoms with Crippen LogP contribution in [0.2, 0.25) is 0 Å². The molecular formula is C23H31N7O3S. The van der Waals surface area contributed by atoms with Crippen molar-refractivity contribution < 1.29 is 13.2 Å². The molecule has 0 atom stereocenters. The Kier molecular flexibility index (Phi) is 6.30. The Morgan fingerprint density at radius 2 is 1.71 bits per heavy atom. The molecule has 34 heavy (non-hydrogen) atoms. The van der Waals surface area contributed by atoms with Crippen LogP contribution in [0.25, 0.3) is 0 Å². The molecule has 0 unspecified atom stereocenters. The summed E-state index contributed by atoms with van der Waals surface area (Å²) in [4.78, 5) is 23.7. The average Bonchev–Trinajstić information content (AvgIpc) is 3.77. The van der Waals surface area contributed by atoms with E-state index in [1.165, 1.54) is 0 Å². The van der Waals surface area contributed by atoms with Crippen molar-refractivity contribution in [2.45, 2.75) is 44.7 Å². The standard InChI is InChI=1S/C23H31N7O3S/c1-2-34(32,33)30-13-11-29(12-14-30)19-9-7-18(8-10-19)27-23-24-15-20(22(31)26-17-5-6-17)21(28-23)25-16-3-4-16/h7-10,15-17H,2-6,11-14H2,1H3,(H,26,31)(H2,24,25,27,28). The number of carbonyl (C=O) groups is 1. The van der Waals surface area contributed by atoms with Gasteiger partial charge in [-0.15, -0.1) is 0 Å². The molecule has 0 radical (unpaired) electrons. The number of rotatable bonds is 9. The van der Waals surface area contributed by atoms with E-state index in [1.54, 1.807) is 17.4 Å². The predicted molar refractivity (Wildman–Crippen MR) is 132 cm³/mol. The molecule has 11 heteroatoms. The van der Waals surface area contributed by atoms with E-state index in [-0.39, 0.29) is 17.7 Å². The molecule has 1 aliphatic heterocycles. The van der Waals surface area contributed by atoms with E-state index in [2.05, 4.69) is 30.8 Å². The van der Waals surface area contributed by atoms with Crippen LogP contribution in [-0.4, -0.2) is 72.6 Å². The van der Waals surface area contributed by atoms with Gasteiger partial charge in [0, 0.05) is 55.8 Å². The second-order valence-electron chi connectivity index (χ2n) is 9.08. The Morgan fingerprint density at radius 3 is 2.32 bits per heavy atom. The molecule has 1 aromatic carbocycles. The highest BCUT2D eigenvalue weighted by molar-refractivity contribution is 7.89. The van der Waals surface area contributed by atoms with Gasteiger partial charge in [-0.25, -0.2) is 13.4 Å². The number of anilines is 4. The van der Waals surface area contributed by atoms with Gasteiger partial charge in [0.2, 0.25) is 16.0 Å². The van der Waals surface area contributed by atoms with Gasteiger partial charge in [0.1, 0.15) is 11.4 Å². The van der Waals surface area contributed by atoms with E-state index < -0.39 is 10.0 Å². The van der Waals surface area contributed by atoms with Crippen LogP contribution in [0.5, 0.6) is 0 Å². The highest BCUT2D eigenvalue weighted by Crippen LogP contribution is 2.28. The van der Waals surface area contributed by atoms with Crippen LogP contribution in [0.4, 0.5) is 23.1 Å². The number of sulfonamides is 1. The molecule has 182 valence electrons. The molecule has 1 aromatic heterocycles. The molecule has 0 spiro atoms. The van der Waals surface area contributed by atoms with Crippen LogP contribution in [0.15, 0.2) is 30.5 Å². The van der Waals surface area contributed by atoms with Gasteiger partial charge in [0.15, 0.2) is 0 Å². The van der Waals surface area contributed by atoms with Crippen molar-refractivity contribution in [3.8, 4) is 0 Å². The number of aromatic nitrogens is 2. The Balaban J connectivity index is 1.23. The van der Waals surface area contributed by atoms with Crippen LogP contribution in [0.1, 0.15) is 43.0 Å². The van der Waals surface area contributed by atoms with E-state index in [0.29, 0.717) is 49.6 Å². The highest BCUT2D eigenvalue weighted by atomic mass is 32.2. The van der Waals surface area contributed by atoms with Gasteiger partial charge in [-0.2, -0.15) is 9.29 Å². The molecule has 3 aliphatic rings. The molecule has 3 fully saturated rings. The first-order valence-electron chi connectivity index (χ1n) is 12.0. The molecule has 3 N–H and O–H groups in total. The van der Waals surface area contributed by atoms with Crippen LogP contribution in [0, 0.1) is 0 Å². The first kappa shape index (κ1) is 22.9. The normalized spacial score (nSPS) is 19.0. The molecule has 1 saturated heterocycles. The van der Waals surface area contributed by atoms with Crippen LogP contribution >= 0.6 is 0 Å². The summed E-state index contributed by atoms with van der Waals surface area (Å²) in [6.07, 6.45) is 5.80. The van der Waals surface area contributed by atoms with Crippen molar-refractivity contribution in [2.75, 3.05) is 47.5 Å². The summed E-state index contributed by atoms with van der Waals surface area (Å²) >= 11 is 0. The molecule has 1 amide bonds. The highest BCUT2D eigenvalue weighted by Gasteiger charge is 2.28. The van der Waals surface area contributed by atoms with Crippen molar-refractivity contribution in [3.63, 3.8) is 0 Å². The van der Waals surface area contributed by atoms with E-state index in [4.69, 9.17) is 0 Å². The minimum Gasteiger partial charge on any atom is -0.369 e. The van der Waals surface area contributed by atoms with Crippen molar-refractivity contribution in [1.29, 1.82) is 0 Å². The molecule has 0 bridgehead atoms. The first-order valence-corrected chi connectivity index (χ1v) is 13.6. The second kappa shape index (κ2) is 9.38. The van der Waals surface area contributed by atoms with Gasteiger partial charge < -0.3 is 20.9 Å². The number of piperazine rings is 1. The van der Waals surface area contributed by atoms with Gasteiger partial charge in [0.25, 0.3) is 5.91 Å². The monoisotopic (exact) mass is 485 g/mol. The Morgan fingerprint density at radius 1 is 1.03 bits per heavy atom. The van der Waals surface area contributed by atoms with Gasteiger partial charge in [-0.05, 0) is 56.9 Å². The molecule has 2 heterocycles. The van der Waals surface area contributed by atoms with Gasteiger partial charge in [-0.1, -0.05) is 0 Å². The van der Waals surface area contributed by atoms with Gasteiger partial charge in [-0.3, -0.25) is 4.79 Å². The van der Waals surface area contributed by atoms with Crippen molar-refractivity contribution in [2.24, 2.45) is 0 Å². The summed E-state index contributed by atoms with van der Waals surface area (Å²) in [7, 11) is -3.13. The zero-order chi connectivity index (χ0) is 23.7. The van der Waals surface area contributed by atoms with E-state index in [0.717, 1.165) is 37.1 Å². The molecule has 2 aromatic rings. The number of benzene rings is 1. The first-order chi connectivity index (χ1) is 16.4. The van der Waals surface area contributed by atoms with Gasteiger partial charge >= 0.3 is 0 Å². The average molecular weight is 486 g/mol. The number of hydrogen-bond donors (Lipinski definition) is 3. The molecule has 5 rings (SSSR count). The molecule has 2 saturated carbocycles.